The van der Waals surface area contributed by atoms with Gasteiger partial charge in [-0.15, -0.1) is 0 Å². The van der Waals surface area contributed by atoms with Crippen molar-refractivity contribution in [3.05, 3.63) is 47.5 Å². The maximum Gasteiger partial charge on any atom is 0.259 e. The molecule has 0 radical (unpaired) electrons. The van der Waals surface area contributed by atoms with Crippen LogP contribution in [-0.4, -0.2) is 40.0 Å². The van der Waals surface area contributed by atoms with Crippen molar-refractivity contribution in [2.45, 2.75) is 6.92 Å². The van der Waals surface area contributed by atoms with Crippen LogP contribution in [0.3, 0.4) is 0 Å². The number of anilines is 1. The molecule has 0 aliphatic rings. The van der Waals surface area contributed by atoms with Crippen molar-refractivity contribution >= 4 is 17.8 Å². The highest BCUT2D eigenvalue weighted by Crippen LogP contribution is 2.37. The van der Waals surface area contributed by atoms with Crippen LogP contribution in [0.1, 0.15) is 11.1 Å². The van der Waals surface area contributed by atoms with Crippen LogP contribution in [0.15, 0.2) is 41.5 Å². The lowest BCUT2D eigenvalue weighted by Gasteiger charge is -2.12. The van der Waals surface area contributed by atoms with Gasteiger partial charge in [-0.1, -0.05) is 17.7 Å². The Morgan fingerprint density at radius 1 is 1.04 bits per heavy atom. The second-order valence-electron chi connectivity index (χ2n) is 5.47. The number of hydrogen-bond donors (Lipinski definition) is 2. The second kappa shape index (κ2) is 9.31. The topological polar surface area (TPSA) is 81.2 Å². The molecule has 0 atom stereocenters. The summed E-state index contributed by atoms with van der Waals surface area (Å²) in [6.45, 7) is 2.13. The van der Waals surface area contributed by atoms with Crippen LogP contribution < -0.4 is 25.0 Å². The van der Waals surface area contributed by atoms with Crippen molar-refractivity contribution in [1.82, 2.24) is 5.43 Å². The normalized spacial score (nSPS) is 10.5. The zero-order chi connectivity index (χ0) is 18.9. The molecule has 0 aliphatic carbocycles. The van der Waals surface area contributed by atoms with E-state index < -0.39 is 0 Å². The first-order chi connectivity index (χ1) is 12.6. The molecular weight excluding hydrogens is 334 g/mol. The van der Waals surface area contributed by atoms with Crippen LogP contribution in [0.5, 0.6) is 17.2 Å². The van der Waals surface area contributed by atoms with Crippen LogP contribution in [0, 0.1) is 6.92 Å². The Morgan fingerprint density at radius 2 is 1.65 bits per heavy atom. The lowest BCUT2D eigenvalue weighted by Crippen LogP contribution is -2.25. The lowest BCUT2D eigenvalue weighted by atomic mass is 10.2. The molecule has 0 heterocycles. The molecule has 0 unspecified atom stereocenters. The first-order valence-corrected chi connectivity index (χ1v) is 7.99. The van der Waals surface area contributed by atoms with E-state index in [1.165, 1.54) is 27.5 Å². The largest absolute Gasteiger partial charge is 0.493 e. The number of nitrogens with zero attached hydrogens (tertiary/aromatic N) is 1. The van der Waals surface area contributed by atoms with Gasteiger partial charge in [-0.05, 0) is 31.2 Å². The Labute approximate surface area is 153 Å². The van der Waals surface area contributed by atoms with Crippen LogP contribution in [0.25, 0.3) is 0 Å². The number of hydrazone groups is 1. The summed E-state index contributed by atoms with van der Waals surface area (Å²) in [6.07, 6.45) is 1.51. The number of methoxy groups -OCH3 is 3. The van der Waals surface area contributed by atoms with E-state index in [2.05, 4.69) is 15.8 Å². The van der Waals surface area contributed by atoms with Gasteiger partial charge in [0.2, 0.25) is 5.75 Å². The molecule has 2 aromatic rings. The molecule has 0 saturated carbocycles. The van der Waals surface area contributed by atoms with Crippen molar-refractivity contribution < 1.29 is 19.0 Å². The van der Waals surface area contributed by atoms with Gasteiger partial charge in [0.1, 0.15) is 0 Å². The standard InChI is InChI=1S/C19H23N3O4/c1-13-5-7-15(8-6-13)20-12-18(23)22-21-11-14-9-16(24-2)19(26-4)17(10-14)25-3/h5-11,20H,12H2,1-4H3,(H,22,23)/b21-11+. The van der Waals surface area contributed by atoms with Crippen LogP contribution in [-0.2, 0) is 4.79 Å². The summed E-state index contributed by atoms with van der Waals surface area (Å²) in [6, 6.07) is 11.3. The number of aryl methyl sites for hydroxylation is 1. The number of carbonyl (C=O) groups excluding carboxylic acids is 1. The van der Waals surface area contributed by atoms with Crippen molar-refractivity contribution in [2.24, 2.45) is 5.10 Å². The summed E-state index contributed by atoms with van der Waals surface area (Å²) in [7, 11) is 4.61. The first kappa shape index (κ1) is 19.1. The van der Waals surface area contributed by atoms with Gasteiger partial charge in [0.15, 0.2) is 11.5 Å². The fraction of sp³-hybridized carbons (Fsp3) is 0.263. The predicted octanol–water partition coefficient (Wildman–Crippen LogP) is 2.58. The van der Waals surface area contributed by atoms with E-state index in [1.54, 1.807) is 12.1 Å². The molecule has 0 aromatic heterocycles. The van der Waals surface area contributed by atoms with Crippen LogP contribution in [0.4, 0.5) is 5.69 Å². The van der Waals surface area contributed by atoms with Gasteiger partial charge >= 0.3 is 0 Å². The summed E-state index contributed by atoms with van der Waals surface area (Å²) in [5, 5.41) is 6.99. The van der Waals surface area contributed by atoms with Crippen LogP contribution in [0.2, 0.25) is 0 Å². The monoisotopic (exact) mass is 357 g/mol. The van der Waals surface area contributed by atoms with Crippen molar-refractivity contribution in [1.29, 1.82) is 0 Å². The Kier molecular flexibility index (Phi) is 6.84. The third-order valence-corrected chi connectivity index (χ3v) is 3.59. The SMILES string of the molecule is COc1cc(/C=N/NC(=O)CNc2ccc(C)cc2)cc(OC)c1OC. The predicted molar refractivity (Wildman–Crippen MR) is 102 cm³/mol. The summed E-state index contributed by atoms with van der Waals surface area (Å²) < 4.78 is 15.8. The van der Waals surface area contributed by atoms with E-state index in [0.29, 0.717) is 22.8 Å². The maximum atomic E-state index is 11.9. The van der Waals surface area contributed by atoms with Gasteiger partial charge in [-0.2, -0.15) is 5.10 Å². The van der Waals surface area contributed by atoms with Crippen molar-refractivity contribution in [3.63, 3.8) is 0 Å². The lowest BCUT2D eigenvalue weighted by molar-refractivity contribution is -0.119. The number of benzene rings is 2. The molecule has 26 heavy (non-hydrogen) atoms. The van der Waals surface area contributed by atoms with Crippen molar-refractivity contribution in [3.8, 4) is 17.2 Å². The number of hydrogen-bond acceptors (Lipinski definition) is 6. The van der Waals surface area contributed by atoms with E-state index in [1.807, 2.05) is 31.2 Å². The van der Waals surface area contributed by atoms with Crippen LogP contribution >= 0.6 is 0 Å². The van der Waals surface area contributed by atoms with Crippen molar-refractivity contribution in [2.75, 3.05) is 33.2 Å². The van der Waals surface area contributed by atoms with Gasteiger partial charge < -0.3 is 19.5 Å². The highest BCUT2D eigenvalue weighted by atomic mass is 16.5. The second-order valence-corrected chi connectivity index (χ2v) is 5.47. The number of amides is 1. The fourth-order valence-electron chi connectivity index (χ4n) is 2.25. The third-order valence-electron chi connectivity index (χ3n) is 3.59. The highest BCUT2D eigenvalue weighted by Gasteiger charge is 2.12. The number of nitrogens with one attached hydrogen (secondary N) is 2. The minimum Gasteiger partial charge on any atom is -0.493 e. The summed E-state index contributed by atoms with van der Waals surface area (Å²) in [4.78, 5) is 11.9. The highest BCUT2D eigenvalue weighted by molar-refractivity contribution is 5.85. The minimum atomic E-state index is -0.255. The average Bonchev–Trinajstić information content (AvgIpc) is 2.66. The Balaban J connectivity index is 1.94. The molecule has 7 heteroatoms. The van der Waals surface area contributed by atoms with Gasteiger partial charge in [-0.3, -0.25) is 4.79 Å². The quantitative estimate of drug-likeness (QED) is 0.561. The van der Waals surface area contributed by atoms with E-state index in [4.69, 9.17) is 14.2 Å². The molecule has 0 aliphatic heterocycles. The van der Waals surface area contributed by atoms with E-state index in [0.717, 1.165) is 11.3 Å². The molecule has 0 fully saturated rings. The van der Waals surface area contributed by atoms with Gasteiger partial charge in [0, 0.05) is 11.3 Å². The summed E-state index contributed by atoms with van der Waals surface area (Å²) in [5.41, 5.74) is 5.21. The summed E-state index contributed by atoms with van der Waals surface area (Å²) in [5.74, 6) is 1.27. The average molecular weight is 357 g/mol. The number of carbonyl (C=O) groups is 1. The number of rotatable bonds is 8. The molecule has 2 N–H and O–H groups in total. The number of ether oxygens (including phenoxy) is 3. The van der Waals surface area contributed by atoms with Gasteiger partial charge in [0.25, 0.3) is 5.91 Å². The third kappa shape index (κ3) is 5.14. The molecular formula is C19H23N3O4. The molecule has 0 bridgehead atoms. The molecule has 2 aromatic carbocycles. The van der Waals surface area contributed by atoms with E-state index >= 15 is 0 Å². The fourth-order valence-corrected chi connectivity index (χ4v) is 2.25. The molecule has 138 valence electrons. The molecule has 0 saturated heterocycles. The molecule has 0 spiro atoms. The summed E-state index contributed by atoms with van der Waals surface area (Å²) >= 11 is 0. The minimum absolute atomic E-state index is 0.121. The molecule has 1 amide bonds. The zero-order valence-corrected chi connectivity index (χ0v) is 15.3. The van der Waals surface area contributed by atoms with E-state index in [-0.39, 0.29) is 12.5 Å². The van der Waals surface area contributed by atoms with Gasteiger partial charge in [0.05, 0.1) is 34.1 Å². The van der Waals surface area contributed by atoms with Gasteiger partial charge in [-0.25, -0.2) is 5.43 Å². The maximum absolute atomic E-state index is 11.9. The molecule has 2 rings (SSSR count). The molecule has 7 nitrogen and oxygen atoms in total. The smallest absolute Gasteiger partial charge is 0.259 e. The zero-order valence-electron chi connectivity index (χ0n) is 15.3. The Hall–Kier alpha value is -3.22. The Bertz CT molecular complexity index is 748. The first-order valence-electron chi connectivity index (χ1n) is 7.99. The van der Waals surface area contributed by atoms with E-state index in [9.17, 15) is 4.79 Å². The Morgan fingerprint density at radius 3 is 2.19 bits per heavy atom.